The molecule has 0 saturated carbocycles. The van der Waals surface area contributed by atoms with Crippen molar-refractivity contribution in [2.45, 2.75) is 13.3 Å². The van der Waals surface area contributed by atoms with E-state index in [2.05, 4.69) is 17.2 Å². The van der Waals surface area contributed by atoms with Gasteiger partial charge in [-0.15, -0.1) is 11.3 Å². The smallest absolute Gasteiger partial charge is 0.153 e. The lowest BCUT2D eigenvalue weighted by Crippen LogP contribution is -2.09. The Kier molecular flexibility index (Phi) is 3.18. The van der Waals surface area contributed by atoms with Crippen molar-refractivity contribution in [2.24, 2.45) is 0 Å². The monoisotopic (exact) mass is 222 g/mol. The highest BCUT2D eigenvalue weighted by molar-refractivity contribution is 7.12. The second-order valence-corrected chi connectivity index (χ2v) is 4.63. The van der Waals surface area contributed by atoms with E-state index in [1.54, 1.807) is 17.6 Å². The molecule has 2 rings (SSSR count). The van der Waals surface area contributed by atoms with Crippen LogP contribution in [0.15, 0.2) is 22.8 Å². The number of hydrogen-bond donors (Lipinski definition) is 1. The molecule has 80 valence electrons. The predicted octanol–water partition coefficient (Wildman–Crippen LogP) is 2.47. The summed E-state index contributed by atoms with van der Waals surface area (Å²) in [7, 11) is 1.95. The van der Waals surface area contributed by atoms with Gasteiger partial charge in [-0.05, 0) is 26.1 Å². The molecule has 2 aromatic rings. The van der Waals surface area contributed by atoms with Gasteiger partial charge >= 0.3 is 0 Å². The molecule has 4 heteroatoms. The van der Waals surface area contributed by atoms with E-state index >= 15 is 0 Å². The first-order valence-electron chi connectivity index (χ1n) is 4.96. The molecule has 0 saturated heterocycles. The molecule has 0 amide bonds. The van der Waals surface area contributed by atoms with Gasteiger partial charge in [0.05, 0.1) is 11.3 Å². The van der Waals surface area contributed by atoms with E-state index in [0.717, 1.165) is 29.4 Å². The number of hydrogen-bond acceptors (Lipinski definition) is 4. The lowest BCUT2D eigenvalue weighted by molar-refractivity contribution is 0.580. The fourth-order valence-electron chi connectivity index (χ4n) is 1.43. The van der Waals surface area contributed by atoms with Gasteiger partial charge in [0, 0.05) is 17.8 Å². The third-order valence-electron chi connectivity index (χ3n) is 2.18. The molecule has 2 aromatic heterocycles. The SMILES string of the molecule is CNCCc1nc(-c2ccco2)c(C)s1. The summed E-state index contributed by atoms with van der Waals surface area (Å²) in [5.74, 6) is 0.861. The Labute approximate surface area is 93.2 Å². The number of nitrogens with one attached hydrogen (secondary N) is 1. The van der Waals surface area contributed by atoms with E-state index in [4.69, 9.17) is 4.42 Å². The average Bonchev–Trinajstić information content (AvgIpc) is 2.83. The molecule has 2 heterocycles. The zero-order chi connectivity index (χ0) is 10.7. The van der Waals surface area contributed by atoms with Gasteiger partial charge in [-0.2, -0.15) is 0 Å². The lowest BCUT2D eigenvalue weighted by Gasteiger charge is -1.93. The summed E-state index contributed by atoms with van der Waals surface area (Å²) >= 11 is 1.74. The van der Waals surface area contributed by atoms with Gasteiger partial charge in [-0.25, -0.2) is 4.98 Å². The van der Waals surface area contributed by atoms with E-state index in [9.17, 15) is 0 Å². The molecule has 0 aromatic carbocycles. The number of furan rings is 1. The highest BCUT2D eigenvalue weighted by Crippen LogP contribution is 2.27. The van der Waals surface area contributed by atoms with Gasteiger partial charge in [0.2, 0.25) is 0 Å². The Hall–Kier alpha value is -1.13. The minimum Gasteiger partial charge on any atom is -0.463 e. The van der Waals surface area contributed by atoms with Crippen LogP contribution in [0.3, 0.4) is 0 Å². The van der Waals surface area contributed by atoms with Gasteiger partial charge in [-0.1, -0.05) is 0 Å². The maximum Gasteiger partial charge on any atom is 0.153 e. The molecule has 0 radical (unpaired) electrons. The summed E-state index contributed by atoms with van der Waals surface area (Å²) < 4.78 is 5.35. The van der Waals surface area contributed by atoms with Gasteiger partial charge in [0.25, 0.3) is 0 Å². The van der Waals surface area contributed by atoms with Crippen LogP contribution in [0.5, 0.6) is 0 Å². The second-order valence-electron chi connectivity index (χ2n) is 3.34. The molecule has 15 heavy (non-hydrogen) atoms. The van der Waals surface area contributed by atoms with E-state index in [0.29, 0.717) is 0 Å². The predicted molar refractivity (Wildman–Crippen MR) is 62.2 cm³/mol. The van der Waals surface area contributed by atoms with Crippen molar-refractivity contribution in [2.75, 3.05) is 13.6 Å². The molecule has 1 N–H and O–H groups in total. The highest BCUT2D eigenvalue weighted by atomic mass is 32.1. The van der Waals surface area contributed by atoms with Crippen molar-refractivity contribution in [1.82, 2.24) is 10.3 Å². The fourth-order valence-corrected chi connectivity index (χ4v) is 2.37. The summed E-state index contributed by atoms with van der Waals surface area (Å²) in [6, 6.07) is 3.84. The molecule has 3 nitrogen and oxygen atoms in total. The van der Waals surface area contributed by atoms with Crippen LogP contribution in [0.4, 0.5) is 0 Å². The van der Waals surface area contributed by atoms with Crippen LogP contribution < -0.4 is 5.32 Å². The van der Waals surface area contributed by atoms with Crippen LogP contribution in [0.1, 0.15) is 9.88 Å². The van der Waals surface area contributed by atoms with Crippen molar-refractivity contribution in [3.8, 4) is 11.5 Å². The Bertz CT molecular complexity index is 420. The van der Waals surface area contributed by atoms with Crippen LogP contribution >= 0.6 is 11.3 Å². The number of nitrogens with zero attached hydrogens (tertiary/aromatic N) is 1. The third kappa shape index (κ3) is 2.27. The van der Waals surface area contributed by atoms with E-state index in [1.165, 1.54) is 4.88 Å². The number of aromatic nitrogens is 1. The van der Waals surface area contributed by atoms with Crippen molar-refractivity contribution in [3.63, 3.8) is 0 Å². The fraction of sp³-hybridized carbons (Fsp3) is 0.364. The topological polar surface area (TPSA) is 38.1 Å². The largest absolute Gasteiger partial charge is 0.463 e. The number of likely N-dealkylation sites (N-methyl/N-ethyl adjacent to an activating group) is 1. The molecular formula is C11H14N2OS. The quantitative estimate of drug-likeness (QED) is 0.863. The molecule has 0 aliphatic carbocycles. The first kappa shape index (κ1) is 10.4. The minimum atomic E-state index is 0.861. The van der Waals surface area contributed by atoms with E-state index < -0.39 is 0 Å². The third-order valence-corrected chi connectivity index (χ3v) is 3.21. The molecule has 0 atom stereocenters. The van der Waals surface area contributed by atoms with Crippen LogP contribution in [0, 0.1) is 6.92 Å². The van der Waals surface area contributed by atoms with Crippen molar-refractivity contribution in [3.05, 3.63) is 28.3 Å². The molecule has 0 bridgehead atoms. The Morgan fingerprint density at radius 1 is 1.53 bits per heavy atom. The normalized spacial score (nSPS) is 10.8. The first-order chi connectivity index (χ1) is 7.31. The van der Waals surface area contributed by atoms with Gasteiger partial charge in [-0.3, -0.25) is 0 Å². The second kappa shape index (κ2) is 4.59. The zero-order valence-electron chi connectivity index (χ0n) is 8.91. The Morgan fingerprint density at radius 2 is 2.40 bits per heavy atom. The molecule has 0 fully saturated rings. The van der Waals surface area contributed by atoms with E-state index in [-0.39, 0.29) is 0 Å². The van der Waals surface area contributed by atoms with Crippen LogP contribution in [-0.4, -0.2) is 18.6 Å². The van der Waals surface area contributed by atoms with Crippen molar-refractivity contribution in [1.29, 1.82) is 0 Å². The summed E-state index contributed by atoms with van der Waals surface area (Å²) in [5, 5.41) is 4.28. The summed E-state index contributed by atoms with van der Waals surface area (Å²) in [6.07, 6.45) is 2.66. The number of aryl methyl sites for hydroxylation is 1. The number of thiazole rings is 1. The summed E-state index contributed by atoms with van der Waals surface area (Å²) in [6.45, 7) is 3.04. The highest BCUT2D eigenvalue weighted by Gasteiger charge is 2.11. The standard InChI is InChI=1S/C11H14N2OS/c1-8-11(9-4-3-7-14-9)13-10(15-8)5-6-12-2/h3-4,7,12H,5-6H2,1-2H3. The van der Waals surface area contributed by atoms with E-state index in [1.807, 2.05) is 19.2 Å². The van der Waals surface area contributed by atoms with Gasteiger partial charge in [0.15, 0.2) is 5.76 Å². The van der Waals surface area contributed by atoms with Crippen LogP contribution in [0.2, 0.25) is 0 Å². The summed E-state index contributed by atoms with van der Waals surface area (Å²) in [4.78, 5) is 5.79. The maximum absolute atomic E-state index is 5.35. The molecule has 0 spiro atoms. The zero-order valence-corrected chi connectivity index (χ0v) is 9.73. The van der Waals surface area contributed by atoms with Crippen LogP contribution in [0.25, 0.3) is 11.5 Å². The number of rotatable bonds is 4. The molecule has 0 aliphatic rings. The lowest BCUT2D eigenvalue weighted by atomic mass is 10.3. The Balaban J connectivity index is 2.22. The minimum absolute atomic E-state index is 0.861. The average molecular weight is 222 g/mol. The molecule has 0 aliphatic heterocycles. The molecule has 0 unspecified atom stereocenters. The maximum atomic E-state index is 5.35. The first-order valence-corrected chi connectivity index (χ1v) is 5.77. The molecular weight excluding hydrogens is 208 g/mol. The van der Waals surface area contributed by atoms with Crippen LogP contribution in [-0.2, 0) is 6.42 Å². The van der Waals surface area contributed by atoms with Crippen molar-refractivity contribution >= 4 is 11.3 Å². The van der Waals surface area contributed by atoms with Gasteiger partial charge < -0.3 is 9.73 Å². The van der Waals surface area contributed by atoms with Gasteiger partial charge in [0.1, 0.15) is 5.69 Å². The Morgan fingerprint density at radius 3 is 3.07 bits per heavy atom. The van der Waals surface area contributed by atoms with Crippen molar-refractivity contribution < 1.29 is 4.42 Å². The summed E-state index contributed by atoms with van der Waals surface area (Å²) in [5.41, 5.74) is 0.983.